The van der Waals surface area contributed by atoms with Gasteiger partial charge in [-0.05, 0) is 46.6 Å². The summed E-state index contributed by atoms with van der Waals surface area (Å²) in [6.45, 7) is 1.43. The molecule has 0 radical (unpaired) electrons. The number of hydrogen-bond acceptors (Lipinski definition) is 5. The Morgan fingerprint density at radius 1 is 1.55 bits per heavy atom. The second-order valence-electron chi connectivity index (χ2n) is 4.46. The Bertz CT molecular complexity index is 689. The van der Waals surface area contributed by atoms with Crippen molar-refractivity contribution in [3.63, 3.8) is 0 Å². The predicted molar refractivity (Wildman–Crippen MR) is 92.8 cm³/mol. The van der Waals surface area contributed by atoms with Crippen LogP contribution in [-0.2, 0) is 9.59 Å². The van der Waals surface area contributed by atoms with E-state index in [4.69, 9.17) is 22.1 Å². The molecule has 1 aromatic carbocycles. The van der Waals surface area contributed by atoms with Gasteiger partial charge in [0.15, 0.2) is 0 Å². The number of halogens is 1. The number of ether oxygens (including phenoxy) is 1. The lowest BCUT2D eigenvalue weighted by Gasteiger charge is -2.18. The highest BCUT2D eigenvalue weighted by molar-refractivity contribution is 9.10. The van der Waals surface area contributed by atoms with E-state index in [0.29, 0.717) is 10.7 Å². The van der Waals surface area contributed by atoms with Crippen molar-refractivity contribution in [2.45, 2.75) is 13.0 Å². The van der Waals surface area contributed by atoms with Gasteiger partial charge in [-0.1, -0.05) is 30.0 Å². The van der Waals surface area contributed by atoms with Crippen LogP contribution in [0.3, 0.4) is 0 Å². The van der Waals surface area contributed by atoms with Crippen molar-refractivity contribution in [1.29, 1.82) is 0 Å². The Balaban J connectivity index is 2.30. The van der Waals surface area contributed by atoms with Crippen molar-refractivity contribution in [3.8, 4) is 5.75 Å². The van der Waals surface area contributed by atoms with Gasteiger partial charge in [0.25, 0.3) is 5.91 Å². The van der Waals surface area contributed by atoms with E-state index >= 15 is 0 Å². The number of hydrogen-bond donors (Lipinski definition) is 1. The number of aliphatic carboxylic acids is 1. The summed E-state index contributed by atoms with van der Waals surface area (Å²) >= 11 is 9.58. The molecule has 1 aromatic rings. The number of thioether (sulfide) groups is 1. The van der Waals surface area contributed by atoms with E-state index in [-0.39, 0.29) is 4.32 Å². The van der Waals surface area contributed by atoms with Crippen LogP contribution in [0.25, 0.3) is 6.08 Å². The first-order valence-electron chi connectivity index (χ1n) is 6.18. The first-order valence-corrected chi connectivity index (χ1v) is 8.20. The molecule has 1 atom stereocenters. The molecule has 5 nitrogen and oxygen atoms in total. The number of carbonyl (C=O) groups excluding carboxylic acids is 1. The summed E-state index contributed by atoms with van der Waals surface area (Å²) in [7, 11) is 1.57. The van der Waals surface area contributed by atoms with E-state index in [1.165, 1.54) is 6.92 Å². The van der Waals surface area contributed by atoms with E-state index in [1.807, 2.05) is 6.07 Å². The minimum atomic E-state index is -1.09. The highest BCUT2D eigenvalue weighted by atomic mass is 79.9. The summed E-state index contributed by atoms with van der Waals surface area (Å²) in [5, 5.41) is 9.05. The number of benzene rings is 1. The molecule has 0 aromatic heterocycles. The fraction of sp³-hybridized carbons (Fsp3) is 0.214. The van der Waals surface area contributed by atoms with Crippen LogP contribution in [0.2, 0.25) is 0 Å². The molecule has 0 spiro atoms. The number of thiocarbonyl (C=S) groups is 1. The molecule has 1 amide bonds. The lowest BCUT2D eigenvalue weighted by Crippen LogP contribution is -2.41. The molecule has 2 rings (SSSR count). The molecule has 1 fully saturated rings. The second kappa shape index (κ2) is 6.80. The summed E-state index contributed by atoms with van der Waals surface area (Å²) in [4.78, 5) is 24.9. The monoisotopic (exact) mass is 401 g/mol. The van der Waals surface area contributed by atoms with Crippen LogP contribution in [-0.4, -0.2) is 39.4 Å². The number of carbonyl (C=O) groups is 2. The van der Waals surface area contributed by atoms with Crippen molar-refractivity contribution in [3.05, 3.63) is 33.1 Å². The van der Waals surface area contributed by atoms with Crippen molar-refractivity contribution < 1.29 is 19.4 Å². The number of rotatable bonds is 4. The fourth-order valence-electron chi connectivity index (χ4n) is 1.85. The zero-order chi connectivity index (χ0) is 16.4. The van der Waals surface area contributed by atoms with Crippen molar-refractivity contribution in [2.24, 2.45) is 0 Å². The average molecular weight is 402 g/mol. The van der Waals surface area contributed by atoms with Crippen molar-refractivity contribution in [1.82, 2.24) is 4.90 Å². The zero-order valence-corrected chi connectivity index (χ0v) is 14.9. The number of carboxylic acids is 1. The van der Waals surface area contributed by atoms with Gasteiger partial charge in [0.05, 0.1) is 16.5 Å². The minimum Gasteiger partial charge on any atom is -0.496 e. The molecule has 22 heavy (non-hydrogen) atoms. The highest BCUT2D eigenvalue weighted by Crippen LogP contribution is 2.35. The maximum Gasteiger partial charge on any atom is 0.326 e. The Morgan fingerprint density at radius 2 is 2.23 bits per heavy atom. The van der Waals surface area contributed by atoms with Gasteiger partial charge in [-0.3, -0.25) is 9.69 Å². The topological polar surface area (TPSA) is 66.8 Å². The Hall–Kier alpha value is -1.38. The molecule has 0 unspecified atom stereocenters. The van der Waals surface area contributed by atoms with Crippen LogP contribution in [0.5, 0.6) is 5.75 Å². The number of carboxylic acid groups (broad SMARTS) is 1. The molecule has 1 heterocycles. The molecule has 8 heteroatoms. The lowest BCUT2D eigenvalue weighted by molar-refractivity contribution is -0.144. The summed E-state index contributed by atoms with van der Waals surface area (Å²) in [5.74, 6) is -0.800. The average Bonchev–Trinajstić information content (AvgIpc) is 2.73. The minimum absolute atomic E-state index is 0.249. The van der Waals surface area contributed by atoms with Gasteiger partial charge in [0.1, 0.15) is 16.1 Å². The molecule has 1 aliphatic heterocycles. The molecule has 0 saturated carbocycles. The quantitative estimate of drug-likeness (QED) is 0.617. The molecule has 1 aliphatic rings. The van der Waals surface area contributed by atoms with Crippen molar-refractivity contribution >= 4 is 62.2 Å². The predicted octanol–water partition coefficient (Wildman–Crippen LogP) is 3.13. The molecular weight excluding hydrogens is 390 g/mol. The Kier molecular flexibility index (Phi) is 5.25. The van der Waals surface area contributed by atoms with Gasteiger partial charge in [-0.25, -0.2) is 4.79 Å². The normalized spacial score (nSPS) is 18.0. The van der Waals surface area contributed by atoms with Gasteiger partial charge in [0, 0.05) is 0 Å². The van der Waals surface area contributed by atoms with Crippen LogP contribution in [0.4, 0.5) is 0 Å². The van der Waals surface area contributed by atoms with Gasteiger partial charge in [-0.2, -0.15) is 0 Å². The van der Waals surface area contributed by atoms with E-state index < -0.39 is 17.9 Å². The lowest BCUT2D eigenvalue weighted by atomic mass is 10.2. The number of nitrogens with zero attached hydrogens (tertiary/aromatic N) is 1. The van der Waals surface area contributed by atoms with Gasteiger partial charge < -0.3 is 9.84 Å². The van der Waals surface area contributed by atoms with Gasteiger partial charge >= 0.3 is 5.97 Å². The van der Waals surface area contributed by atoms with E-state index in [0.717, 1.165) is 26.7 Å². The fourth-order valence-corrected chi connectivity index (χ4v) is 3.82. The van der Waals surface area contributed by atoms with Crippen LogP contribution >= 0.6 is 39.9 Å². The van der Waals surface area contributed by atoms with E-state index in [9.17, 15) is 9.59 Å². The zero-order valence-electron chi connectivity index (χ0n) is 11.7. The van der Waals surface area contributed by atoms with Crippen LogP contribution < -0.4 is 4.74 Å². The van der Waals surface area contributed by atoms with E-state index in [1.54, 1.807) is 25.3 Å². The molecule has 1 saturated heterocycles. The van der Waals surface area contributed by atoms with Crippen LogP contribution in [0.1, 0.15) is 12.5 Å². The van der Waals surface area contributed by atoms with Crippen molar-refractivity contribution in [2.75, 3.05) is 7.11 Å². The largest absolute Gasteiger partial charge is 0.496 e. The maximum absolute atomic E-state index is 12.3. The van der Waals surface area contributed by atoms with Crippen LogP contribution in [0.15, 0.2) is 27.6 Å². The third-order valence-corrected chi connectivity index (χ3v) is 4.99. The first-order chi connectivity index (χ1) is 10.3. The molecule has 1 N–H and O–H groups in total. The Morgan fingerprint density at radius 3 is 2.77 bits per heavy atom. The first kappa shape index (κ1) is 17.0. The van der Waals surface area contributed by atoms with Gasteiger partial charge in [0.2, 0.25) is 0 Å². The number of amides is 1. The molecule has 116 valence electrons. The van der Waals surface area contributed by atoms with Crippen LogP contribution in [0, 0.1) is 0 Å². The van der Waals surface area contributed by atoms with E-state index in [2.05, 4.69) is 15.9 Å². The summed E-state index contributed by atoms with van der Waals surface area (Å²) < 4.78 is 6.16. The molecule has 0 bridgehead atoms. The molecule has 0 aliphatic carbocycles. The smallest absolute Gasteiger partial charge is 0.326 e. The summed E-state index contributed by atoms with van der Waals surface area (Å²) in [6.07, 6.45) is 1.68. The summed E-state index contributed by atoms with van der Waals surface area (Å²) in [6, 6.07) is 4.40. The SMILES string of the molecule is COc1ccc(C=C2SC(=S)N([C@@H](C)C(=O)O)C2=O)cc1Br. The molecular formula is C14H12BrNO4S2. The van der Waals surface area contributed by atoms with Gasteiger partial charge in [-0.15, -0.1) is 0 Å². The third kappa shape index (κ3) is 3.34. The standard InChI is InChI=1S/C14H12BrNO4S2/c1-7(13(18)19)16-12(17)11(22-14(16)21)6-8-3-4-10(20-2)9(15)5-8/h3-7H,1-2H3,(H,18,19)/t7-/m0/s1. The highest BCUT2D eigenvalue weighted by Gasteiger charge is 2.38. The number of methoxy groups -OCH3 is 1. The Labute approximate surface area is 145 Å². The third-order valence-electron chi connectivity index (χ3n) is 3.04. The summed E-state index contributed by atoms with van der Waals surface area (Å²) in [5.41, 5.74) is 0.788. The second-order valence-corrected chi connectivity index (χ2v) is 6.99. The maximum atomic E-state index is 12.3.